The third-order valence-corrected chi connectivity index (χ3v) is 3.04. The first-order chi connectivity index (χ1) is 12.0. The van der Waals surface area contributed by atoms with Crippen molar-refractivity contribution in [1.82, 2.24) is 0 Å². The molecule has 0 aromatic heterocycles. The van der Waals surface area contributed by atoms with Gasteiger partial charge >= 0.3 is 17.6 Å². The number of benzene rings is 2. The van der Waals surface area contributed by atoms with Crippen LogP contribution in [0.25, 0.3) is 0 Å². The quantitative estimate of drug-likeness (QED) is 0.564. The van der Waals surface area contributed by atoms with Gasteiger partial charge in [0.15, 0.2) is 0 Å². The van der Waals surface area contributed by atoms with Crippen LogP contribution in [0.15, 0.2) is 36.4 Å². The second-order valence-electron chi connectivity index (χ2n) is 4.68. The molecule has 2 rings (SSSR count). The van der Waals surface area contributed by atoms with Gasteiger partial charge in [0.05, 0.1) is 20.8 Å². The first-order valence-corrected chi connectivity index (χ1v) is 6.47. The van der Waals surface area contributed by atoms with Crippen molar-refractivity contribution in [2.75, 3.05) is 0 Å². The van der Waals surface area contributed by atoms with E-state index in [2.05, 4.69) is 0 Å². The number of non-ortho nitro benzene ring substituents is 1. The summed E-state index contributed by atoms with van der Waals surface area (Å²) in [6.07, 6.45) is -5.25. The third kappa shape index (κ3) is 3.66. The van der Waals surface area contributed by atoms with Crippen LogP contribution in [0.3, 0.4) is 0 Å². The van der Waals surface area contributed by atoms with Gasteiger partial charge in [-0.1, -0.05) is 12.1 Å². The van der Waals surface area contributed by atoms with Crippen LogP contribution < -0.4 is 4.74 Å². The minimum Gasteiger partial charge on any atom is -0.442 e. The smallest absolute Gasteiger partial charge is 0.420 e. The van der Waals surface area contributed by atoms with Gasteiger partial charge in [-0.2, -0.15) is 13.2 Å². The van der Waals surface area contributed by atoms with Crippen LogP contribution in [-0.2, 0) is 6.18 Å². The molecule has 0 amide bonds. The predicted octanol–water partition coefficient (Wildman–Crippen LogP) is 4.22. The van der Waals surface area contributed by atoms with Crippen molar-refractivity contribution in [2.24, 2.45) is 0 Å². The summed E-state index contributed by atoms with van der Waals surface area (Å²) in [5.74, 6) is -2.08. The Morgan fingerprint density at radius 2 is 1.42 bits per heavy atom. The van der Waals surface area contributed by atoms with Gasteiger partial charge in [0, 0.05) is 12.1 Å². The third-order valence-electron chi connectivity index (χ3n) is 3.04. The minimum absolute atomic E-state index is 0.0527. The molecule has 0 saturated carbocycles. The van der Waals surface area contributed by atoms with E-state index in [1.165, 1.54) is 12.1 Å². The summed E-state index contributed by atoms with van der Waals surface area (Å²) >= 11 is 0. The molecule has 13 heteroatoms. The molecule has 0 unspecified atom stereocenters. The number of para-hydroxylation sites is 2. The Morgan fingerprint density at radius 1 is 0.846 bits per heavy atom. The van der Waals surface area contributed by atoms with E-state index >= 15 is 0 Å². The highest BCUT2D eigenvalue weighted by atomic mass is 19.4. The first-order valence-electron chi connectivity index (χ1n) is 6.47. The van der Waals surface area contributed by atoms with Gasteiger partial charge in [-0.15, -0.1) is 0 Å². The van der Waals surface area contributed by atoms with E-state index in [0.29, 0.717) is 0 Å². The number of rotatable bonds is 5. The summed E-state index contributed by atoms with van der Waals surface area (Å²) in [7, 11) is 0. The van der Waals surface area contributed by atoms with E-state index in [4.69, 9.17) is 4.74 Å². The van der Waals surface area contributed by atoms with Crippen LogP contribution in [-0.4, -0.2) is 14.8 Å². The fourth-order valence-electron chi connectivity index (χ4n) is 1.96. The molecular weight excluding hydrogens is 367 g/mol. The molecule has 0 spiro atoms. The number of nitrogens with zero attached hydrogens (tertiary/aromatic N) is 3. The maximum atomic E-state index is 13.2. The number of hydrogen-bond donors (Lipinski definition) is 0. The fraction of sp³-hybridized carbons (Fsp3) is 0.0769. The van der Waals surface area contributed by atoms with Gasteiger partial charge in [-0.25, -0.2) is 0 Å². The normalized spacial score (nSPS) is 11.0. The topological polar surface area (TPSA) is 139 Å². The number of ether oxygens (including phenoxy) is 1. The Bertz CT molecular complexity index is 914. The molecule has 2 aromatic rings. The molecule has 0 radical (unpaired) electrons. The van der Waals surface area contributed by atoms with E-state index < -0.39 is 55.1 Å². The Hall–Kier alpha value is -3.77. The minimum atomic E-state index is -5.25. The molecule has 0 aliphatic rings. The molecule has 0 aliphatic carbocycles. The Labute approximate surface area is 140 Å². The summed E-state index contributed by atoms with van der Waals surface area (Å²) < 4.78 is 44.5. The highest BCUT2D eigenvalue weighted by molar-refractivity contribution is 5.62. The highest BCUT2D eigenvalue weighted by Crippen LogP contribution is 2.46. The molecule has 0 fully saturated rings. The van der Waals surface area contributed by atoms with Crippen LogP contribution in [0.4, 0.5) is 30.2 Å². The van der Waals surface area contributed by atoms with Crippen molar-refractivity contribution in [3.8, 4) is 11.5 Å². The SMILES string of the molecule is O=[N+]([O-])c1cc([N+](=O)[O-])c(Oc2ccccc2[N+](=O)[O-])c(C(F)(F)F)c1. The van der Waals surface area contributed by atoms with Crippen molar-refractivity contribution in [2.45, 2.75) is 6.18 Å². The molecule has 0 saturated heterocycles. The number of alkyl halides is 3. The van der Waals surface area contributed by atoms with Gasteiger partial charge in [-0.05, 0) is 6.07 Å². The number of nitro groups is 3. The van der Waals surface area contributed by atoms with Crippen LogP contribution in [0, 0.1) is 30.3 Å². The van der Waals surface area contributed by atoms with E-state index in [1.54, 1.807) is 0 Å². The van der Waals surface area contributed by atoms with Crippen LogP contribution in [0.1, 0.15) is 5.56 Å². The van der Waals surface area contributed by atoms with Crippen LogP contribution in [0.5, 0.6) is 11.5 Å². The molecule has 0 aliphatic heterocycles. The van der Waals surface area contributed by atoms with Gasteiger partial charge in [0.1, 0.15) is 5.56 Å². The van der Waals surface area contributed by atoms with Gasteiger partial charge in [-0.3, -0.25) is 30.3 Å². The molecular formula is C13H6F3N3O7. The van der Waals surface area contributed by atoms with Gasteiger partial charge in [0.2, 0.25) is 11.5 Å². The van der Waals surface area contributed by atoms with Crippen molar-refractivity contribution in [3.63, 3.8) is 0 Å². The van der Waals surface area contributed by atoms with E-state index in [9.17, 15) is 43.5 Å². The standard InChI is InChI=1S/C13H6F3N3O7/c14-13(15,16)8-5-7(17(20)21)6-10(19(24)25)12(8)26-11-4-2-1-3-9(11)18(22)23/h1-6H. The Morgan fingerprint density at radius 3 is 1.92 bits per heavy atom. The molecule has 0 atom stereocenters. The summed E-state index contributed by atoms with van der Waals surface area (Å²) in [5, 5.41) is 32.8. The number of hydrogen-bond acceptors (Lipinski definition) is 7. The van der Waals surface area contributed by atoms with E-state index in [1.807, 2.05) is 0 Å². The van der Waals surface area contributed by atoms with Crippen molar-refractivity contribution >= 4 is 17.1 Å². The number of nitro benzene ring substituents is 3. The molecule has 0 heterocycles. The summed E-state index contributed by atoms with van der Waals surface area (Å²) in [5.41, 5.74) is -5.09. The fourth-order valence-corrected chi connectivity index (χ4v) is 1.96. The molecule has 2 aromatic carbocycles. The lowest BCUT2D eigenvalue weighted by Gasteiger charge is -2.13. The van der Waals surface area contributed by atoms with Crippen molar-refractivity contribution in [1.29, 1.82) is 0 Å². The van der Waals surface area contributed by atoms with Gasteiger partial charge < -0.3 is 4.74 Å². The van der Waals surface area contributed by atoms with E-state index in [0.717, 1.165) is 12.1 Å². The molecule has 26 heavy (non-hydrogen) atoms. The van der Waals surface area contributed by atoms with Gasteiger partial charge in [0.25, 0.3) is 5.69 Å². The van der Waals surface area contributed by atoms with Crippen LogP contribution >= 0.6 is 0 Å². The molecule has 10 nitrogen and oxygen atoms in total. The maximum Gasteiger partial charge on any atom is 0.420 e. The average molecular weight is 373 g/mol. The molecule has 136 valence electrons. The van der Waals surface area contributed by atoms with Crippen molar-refractivity contribution < 1.29 is 32.7 Å². The Kier molecular flexibility index (Phi) is 4.73. The largest absolute Gasteiger partial charge is 0.442 e. The van der Waals surface area contributed by atoms with Crippen LogP contribution in [0.2, 0.25) is 0 Å². The molecule has 0 N–H and O–H groups in total. The zero-order valence-corrected chi connectivity index (χ0v) is 12.3. The Balaban J connectivity index is 2.76. The number of halogens is 3. The zero-order chi connectivity index (χ0) is 19.6. The maximum absolute atomic E-state index is 13.2. The summed E-state index contributed by atoms with van der Waals surface area (Å²) in [6.45, 7) is 0. The summed E-state index contributed by atoms with van der Waals surface area (Å²) in [4.78, 5) is 29.3. The lowest BCUT2D eigenvalue weighted by atomic mass is 10.1. The lowest BCUT2D eigenvalue weighted by molar-refractivity contribution is -0.395. The predicted molar refractivity (Wildman–Crippen MR) is 77.9 cm³/mol. The first kappa shape index (κ1) is 18.6. The monoisotopic (exact) mass is 373 g/mol. The zero-order valence-electron chi connectivity index (χ0n) is 12.3. The lowest BCUT2D eigenvalue weighted by Crippen LogP contribution is -2.10. The highest BCUT2D eigenvalue weighted by Gasteiger charge is 2.41. The van der Waals surface area contributed by atoms with E-state index in [-0.39, 0.29) is 12.1 Å². The summed E-state index contributed by atoms with van der Waals surface area (Å²) in [6, 6.07) is 4.59. The molecule has 0 bridgehead atoms. The van der Waals surface area contributed by atoms with Crippen molar-refractivity contribution in [3.05, 3.63) is 72.3 Å². The average Bonchev–Trinajstić information content (AvgIpc) is 2.53. The second-order valence-corrected chi connectivity index (χ2v) is 4.68. The second kappa shape index (κ2) is 6.62.